The topological polar surface area (TPSA) is 49.3 Å². The second-order valence-corrected chi connectivity index (χ2v) is 7.65. The minimum absolute atomic E-state index is 0.103. The molecule has 5 nitrogen and oxygen atoms in total. The van der Waals surface area contributed by atoms with Crippen LogP contribution in [0.1, 0.15) is 48.9 Å². The van der Waals surface area contributed by atoms with Crippen LogP contribution in [-0.2, 0) is 0 Å². The first-order valence-corrected chi connectivity index (χ1v) is 10.2. The van der Waals surface area contributed by atoms with Crippen molar-refractivity contribution >= 4 is 5.91 Å². The molecule has 2 fully saturated rings. The molecule has 1 aliphatic carbocycles. The Morgan fingerprint density at radius 2 is 1.81 bits per heavy atom. The van der Waals surface area contributed by atoms with E-state index in [2.05, 4.69) is 14.9 Å². The highest BCUT2D eigenvalue weighted by Crippen LogP contribution is 2.24. The number of rotatable bonds is 3. The molecule has 2 aromatic heterocycles. The molecule has 5 heteroatoms. The van der Waals surface area contributed by atoms with Crippen LogP contribution in [0.4, 0.5) is 0 Å². The summed E-state index contributed by atoms with van der Waals surface area (Å²) in [7, 11) is 0. The van der Waals surface area contributed by atoms with Crippen molar-refractivity contribution < 1.29 is 4.79 Å². The average molecular weight is 364 g/mol. The van der Waals surface area contributed by atoms with Gasteiger partial charge in [-0.3, -0.25) is 19.7 Å². The third kappa shape index (κ3) is 4.35. The first kappa shape index (κ1) is 18.1. The molecule has 0 aromatic carbocycles. The van der Waals surface area contributed by atoms with Gasteiger partial charge in [-0.1, -0.05) is 19.3 Å². The number of carbonyl (C=O) groups excluding carboxylic acids is 1. The van der Waals surface area contributed by atoms with Crippen LogP contribution in [0.5, 0.6) is 0 Å². The minimum Gasteiger partial charge on any atom is -0.337 e. The van der Waals surface area contributed by atoms with Crippen molar-refractivity contribution in [2.75, 3.05) is 26.2 Å². The molecule has 27 heavy (non-hydrogen) atoms. The maximum absolute atomic E-state index is 12.9. The Morgan fingerprint density at radius 3 is 2.56 bits per heavy atom. The number of hydrogen-bond acceptors (Lipinski definition) is 4. The van der Waals surface area contributed by atoms with Crippen molar-refractivity contribution in [3.63, 3.8) is 0 Å². The number of pyridine rings is 2. The molecule has 0 unspecified atom stereocenters. The molecule has 2 aromatic rings. The van der Waals surface area contributed by atoms with Gasteiger partial charge in [0.05, 0.1) is 11.3 Å². The van der Waals surface area contributed by atoms with Gasteiger partial charge >= 0.3 is 0 Å². The van der Waals surface area contributed by atoms with Crippen molar-refractivity contribution in [3.8, 4) is 11.3 Å². The van der Waals surface area contributed by atoms with Crippen LogP contribution in [0.3, 0.4) is 0 Å². The van der Waals surface area contributed by atoms with Crippen molar-refractivity contribution in [1.29, 1.82) is 0 Å². The SMILES string of the molecule is O=C(c1ccc(-c2cccnc2)nc1)N1CCCN(C2CCCCC2)CC1. The van der Waals surface area contributed by atoms with Gasteiger partial charge in [0.2, 0.25) is 0 Å². The van der Waals surface area contributed by atoms with Crippen LogP contribution >= 0.6 is 0 Å². The van der Waals surface area contributed by atoms with E-state index in [0.29, 0.717) is 5.56 Å². The van der Waals surface area contributed by atoms with Crippen LogP contribution in [-0.4, -0.2) is 57.9 Å². The van der Waals surface area contributed by atoms with E-state index >= 15 is 0 Å². The van der Waals surface area contributed by atoms with Gasteiger partial charge in [0.1, 0.15) is 0 Å². The molecule has 1 saturated carbocycles. The molecule has 0 radical (unpaired) electrons. The predicted molar refractivity (Wildman–Crippen MR) is 106 cm³/mol. The van der Waals surface area contributed by atoms with Gasteiger partial charge in [0.25, 0.3) is 5.91 Å². The van der Waals surface area contributed by atoms with Crippen molar-refractivity contribution in [2.45, 2.75) is 44.6 Å². The van der Waals surface area contributed by atoms with E-state index in [-0.39, 0.29) is 5.91 Å². The lowest BCUT2D eigenvalue weighted by molar-refractivity contribution is 0.0754. The summed E-state index contributed by atoms with van der Waals surface area (Å²) in [6.07, 6.45) is 13.1. The Labute approximate surface area is 161 Å². The first-order valence-electron chi connectivity index (χ1n) is 10.2. The molecule has 1 amide bonds. The number of hydrogen-bond donors (Lipinski definition) is 0. The molecule has 3 heterocycles. The summed E-state index contributed by atoms with van der Waals surface area (Å²) in [4.78, 5) is 26.2. The zero-order valence-corrected chi connectivity index (χ0v) is 15.9. The van der Waals surface area contributed by atoms with Crippen LogP contribution in [0, 0.1) is 0 Å². The minimum atomic E-state index is 0.103. The fraction of sp³-hybridized carbons (Fsp3) is 0.500. The average Bonchev–Trinajstić information content (AvgIpc) is 3.01. The van der Waals surface area contributed by atoms with Gasteiger partial charge in [-0.15, -0.1) is 0 Å². The smallest absolute Gasteiger partial charge is 0.255 e. The Hall–Kier alpha value is -2.27. The van der Waals surface area contributed by atoms with Crippen molar-refractivity contribution in [3.05, 3.63) is 48.4 Å². The molecule has 2 aliphatic rings. The highest BCUT2D eigenvalue weighted by Gasteiger charge is 2.25. The Kier molecular flexibility index (Phi) is 5.78. The molecule has 0 bridgehead atoms. The van der Waals surface area contributed by atoms with Crippen LogP contribution in [0.15, 0.2) is 42.9 Å². The van der Waals surface area contributed by atoms with E-state index < -0.39 is 0 Å². The molecule has 1 saturated heterocycles. The van der Waals surface area contributed by atoms with Gasteiger partial charge < -0.3 is 4.90 Å². The number of amides is 1. The maximum atomic E-state index is 12.9. The summed E-state index contributed by atoms with van der Waals surface area (Å²) < 4.78 is 0. The lowest BCUT2D eigenvalue weighted by Crippen LogP contribution is -2.40. The van der Waals surface area contributed by atoms with Crippen LogP contribution in [0.2, 0.25) is 0 Å². The molecule has 1 aliphatic heterocycles. The predicted octanol–water partition coefficient (Wildman–Crippen LogP) is 3.62. The number of aromatic nitrogens is 2. The quantitative estimate of drug-likeness (QED) is 0.835. The molecular weight excluding hydrogens is 336 g/mol. The third-order valence-corrected chi connectivity index (χ3v) is 5.88. The van der Waals surface area contributed by atoms with Crippen LogP contribution < -0.4 is 0 Å². The van der Waals surface area contributed by atoms with E-state index in [1.807, 2.05) is 29.2 Å². The van der Waals surface area contributed by atoms with Crippen molar-refractivity contribution in [1.82, 2.24) is 19.8 Å². The van der Waals surface area contributed by atoms with Gasteiger partial charge in [-0.05, 0) is 43.5 Å². The second-order valence-electron chi connectivity index (χ2n) is 7.65. The summed E-state index contributed by atoms with van der Waals surface area (Å²) >= 11 is 0. The van der Waals surface area contributed by atoms with Gasteiger partial charge in [0, 0.05) is 56.4 Å². The fourth-order valence-electron chi connectivity index (χ4n) is 4.34. The van der Waals surface area contributed by atoms with Gasteiger partial charge in [-0.25, -0.2) is 0 Å². The van der Waals surface area contributed by atoms with Gasteiger partial charge in [-0.2, -0.15) is 0 Å². The highest BCUT2D eigenvalue weighted by atomic mass is 16.2. The molecular formula is C22H28N4O. The molecule has 142 valence electrons. The Morgan fingerprint density at radius 1 is 0.926 bits per heavy atom. The Bertz CT molecular complexity index is 741. The summed E-state index contributed by atoms with van der Waals surface area (Å²) in [6, 6.07) is 8.41. The Balaban J connectivity index is 1.39. The summed E-state index contributed by atoms with van der Waals surface area (Å²) in [5, 5.41) is 0. The van der Waals surface area contributed by atoms with Gasteiger partial charge in [0.15, 0.2) is 0 Å². The summed E-state index contributed by atoms with van der Waals surface area (Å²) in [5.41, 5.74) is 2.49. The second kappa shape index (κ2) is 8.61. The normalized spacial score (nSPS) is 19.6. The van der Waals surface area contributed by atoms with E-state index in [0.717, 1.165) is 49.9 Å². The van der Waals surface area contributed by atoms with E-state index in [1.165, 1.54) is 32.1 Å². The standard InChI is InChI=1S/C22H28N4O/c27-22(19-9-10-21(24-17-19)18-6-4-11-23-16-18)26-13-5-12-25(14-15-26)20-7-2-1-3-8-20/h4,6,9-11,16-17,20H,1-3,5,7-8,12-15H2. The third-order valence-electron chi connectivity index (χ3n) is 5.88. The highest BCUT2D eigenvalue weighted by molar-refractivity contribution is 5.94. The van der Waals surface area contributed by atoms with Crippen molar-refractivity contribution in [2.24, 2.45) is 0 Å². The molecule has 4 rings (SSSR count). The van der Waals surface area contributed by atoms with E-state index in [9.17, 15) is 4.79 Å². The first-order chi connectivity index (χ1) is 13.3. The fourth-order valence-corrected chi connectivity index (χ4v) is 4.34. The largest absolute Gasteiger partial charge is 0.337 e. The lowest BCUT2D eigenvalue weighted by atomic mass is 9.94. The summed E-state index contributed by atoms with van der Waals surface area (Å²) in [5.74, 6) is 0.103. The molecule has 0 spiro atoms. The molecule has 0 atom stereocenters. The maximum Gasteiger partial charge on any atom is 0.255 e. The van der Waals surface area contributed by atoms with Crippen LogP contribution in [0.25, 0.3) is 11.3 Å². The summed E-state index contributed by atoms with van der Waals surface area (Å²) in [6.45, 7) is 3.77. The zero-order valence-electron chi connectivity index (χ0n) is 15.9. The molecule has 0 N–H and O–H groups in total. The van der Waals surface area contributed by atoms with E-state index in [4.69, 9.17) is 0 Å². The number of carbonyl (C=O) groups is 1. The van der Waals surface area contributed by atoms with E-state index in [1.54, 1.807) is 18.6 Å². The zero-order chi connectivity index (χ0) is 18.5. The lowest BCUT2D eigenvalue weighted by Gasteiger charge is -2.33. The number of nitrogens with zero attached hydrogens (tertiary/aromatic N) is 4. The monoisotopic (exact) mass is 364 g/mol.